The minimum atomic E-state index is 0.360. The molecule has 0 aliphatic heterocycles. The molecule has 74 valence electrons. The van der Waals surface area contributed by atoms with Crippen molar-refractivity contribution in [2.45, 2.75) is 46.6 Å². The fourth-order valence-corrected chi connectivity index (χ4v) is 1.53. The fraction of sp³-hybridized carbons (Fsp3) is 0.800. The zero-order valence-electron chi connectivity index (χ0n) is 8.82. The highest BCUT2D eigenvalue weighted by atomic mass is 15.2. The Bertz CT molecular complexity index is 226. The van der Waals surface area contributed by atoms with E-state index in [-0.39, 0.29) is 0 Å². The molecule has 3 heteroatoms. The molecule has 1 aromatic heterocycles. The van der Waals surface area contributed by atoms with Gasteiger partial charge in [0.2, 0.25) is 0 Å². The van der Waals surface area contributed by atoms with Gasteiger partial charge in [0.05, 0.1) is 0 Å². The second-order valence-corrected chi connectivity index (χ2v) is 4.40. The van der Waals surface area contributed by atoms with Gasteiger partial charge in [-0.2, -0.15) is 0 Å². The highest BCUT2D eigenvalue weighted by Crippen LogP contribution is 2.24. The Morgan fingerprint density at radius 3 is 2.38 bits per heavy atom. The van der Waals surface area contributed by atoms with Crippen molar-refractivity contribution < 1.29 is 0 Å². The third-order valence-electron chi connectivity index (χ3n) is 2.28. The molecule has 0 amide bonds. The predicted molar refractivity (Wildman–Crippen MR) is 53.3 cm³/mol. The molecule has 0 unspecified atom stereocenters. The predicted octanol–water partition coefficient (Wildman–Crippen LogP) is 2.49. The minimum Gasteiger partial charge on any atom is -0.320 e. The molecule has 0 aliphatic carbocycles. The smallest absolute Gasteiger partial charge is 0.119 e. The molecular formula is C10H19N3. The number of unbranched alkanes of at least 4 members (excludes halogenated alkanes) is 1. The highest BCUT2D eigenvalue weighted by molar-refractivity contribution is 4.72. The largest absolute Gasteiger partial charge is 0.320 e. The van der Waals surface area contributed by atoms with Crippen LogP contribution in [0.4, 0.5) is 0 Å². The van der Waals surface area contributed by atoms with Gasteiger partial charge in [-0.05, 0) is 11.8 Å². The van der Waals surface area contributed by atoms with Gasteiger partial charge < -0.3 is 4.57 Å². The van der Waals surface area contributed by atoms with Crippen LogP contribution in [0.25, 0.3) is 0 Å². The standard InChI is InChI=1S/C10H19N3/c1-4-5-6-10(2,3)7-13-8-11-12-9-13/h8-9H,4-7H2,1-3H3. The molecule has 0 aromatic carbocycles. The maximum absolute atomic E-state index is 3.80. The van der Waals surface area contributed by atoms with Gasteiger partial charge in [-0.25, -0.2) is 0 Å². The summed E-state index contributed by atoms with van der Waals surface area (Å²) in [4.78, 5) is 0. The third kappa shape index (κ3) is 3.57. The summed E-state index contributed by atoms with van der Waals surface area (Å²) in [6.07, 6.45) is 7.41. The molecule has 0 fully saturated rings. The molecule has 1 heterocycles. The van der Waals surface area contributed by atoms with Crippen LogP contribution in [-0.4, -0.2) is 14.8 Å². The van der Waals surface area contributed by atoms with Gasteiger partial charge >= 0.3 is 0 Å². The van der Waals surface area contributed by atoms with Crippen molar-refractivity contribution in [1.82, 2.24) is 14.8 Å². The average molecular weight is 181 g/mol. The molecule has 0 spiro atoms. The van der Waals surface area contributed by atoms with Gasteiger partial charge in [-0.15, -0.1) is 10.2 Å². The summed E-state index contributed by atoms with van der Waals surface area (Å²) in [7, 11) is 0. The first-order chi connectivity index (χ1) is 6.14. The van der Waals surface area contributed by atoms with Gasteiger partial charge in [0.1, 0.15) is 12.7 Å². The number of rotatable bonds is 5. The Morgan fingerprint density at radius 2 is 1.85 bits per heavy atom. The van der Waals surface area contributed by atoms with E-state index in [1.807, 2.05) is 0 Å². The van der Waals surface area contributed by atoms with Gasteiger partial charge in [-0.3, -0.25) is 0 Å². The zero-order valence-corrected chi connectivity index (χ0v) is 8.82. The number of nitrogens with zero attached hydrogens (tertiary/aromatic N) is 3. The number of hydrogen-bond acceptors (Lipinski definition) is 2. The summed E-state index contributed by atoms with van der Waals surface area (Å²) < 4.78 is 2.05. The van der Waals surface area contributed by atoms with Crippen LogP contribution < -0.4 is 0 Å². The van der Waals surface area contributed by atoms with Crippen LogP contribution >= 0.6 is 0 Å². The molecule has 3 nitrogen and oxygen atoms in total. The van der Waals surface area contributed by atoms with E-state index < -0.39 is 0 Å². The molecule has 1 rings (SSSR count). The van der Waals surface area contributed by atoms with Crippen LogP contribution in [0.1, 0.15) is 40.0 Å². The number of hydrogen-bond donors (Lipinski definition) is 0. The topological polar surface area (TPSA) is 30.7 Å². The van der Waals surface area contributed by atoms with E-state index in [1.165, 1.54) is 19.3 Å². The lowest BCUT2D eigenvalue weighted by Gasteiger charge is -2.24. The molecule has 0 aliphatic rings. The second-order valence-electron chi connectivity index (χ2n) is 4.40. The van der Waals surface area contributed by atoms with Crippen LogP contribution in [0, 0.1) is 5.41 Å². The maximum atomic E-state index is 3.80. The van der Waals surface area contributed by atoms with Crippen molar-refractivity contribution in [2.75, 3.05) is 0 Å². The van der Waals surface area contributed by atoms with E-state index >= 15 is 0 Å². The molecule has 1 aromatic rings. The Balaban J connectivity index is 2.42. The Labute approximate surface area is 80.2 Å². The van der Waals surface area contributed by atoms with Crippen molar-refractivity contribution in [1.29, 1.82) is 0 Å². The summed E-state index contributed by atoms with van der Waals surface area (Å²) in [6.45, 7) is 7.83. The lowest BCUT2D eigenvalue weighted by atomic mass is 9.87. The van der Waals surface area contributed by atoms with E-state index in [1.54, 1.807) is 12.7 Å². The summed E-state index contributed by atoms with van der Waals surface area (Å²) in [6, 6.07) is 0. The number of aromatic nitrogens is 3. The zero-order chi connectivity index (χ0) is 9.73. The molecule has 13 heavy (non-hydrogen) atoms. The Hall–Kier alpha value is -0.860. The average Bonchev–Trinajstić information content (AvgIpc) is 2.52. The van der Waals surface area contributed by atoms with E-state index in [4.69, 9.17) is 0 Å². The molecule has 0 saturated carbocycles. The third-order valence-corrected chi connectivity index (χ3v) is 2.28. The molecule has 0 bridgehead atoms. The second kappa shape index (κ2) is 4.40. The maximum Gasteiger partial charge on any atom is 0.119 e. The molecule has 0 radical (unpaired) electrons. The van der Waals surface area contributed by atoms with Crippen molar-refractivity contribution in [3.05, 3.63) is 12.7 Å². The lowest BCUT2D eigenvalue weighted by Crippen LogP contribution is -2.18. The van der Waals surface area contributed by atoms with E-state index in [0.717, 1.165) is 6.54 Å². The van der Waals surface area contributed by atoms with Crippen LogP contribution in [-0.2, 0) is 6.54 Å². The van der Waals surface area contributed by atoms with Gasteiger partial charge in [0.25, 0.3) is 0 Å². The summed E-state index contributed by atoms with van der Waals surface area (Å²) in [5.74, 6) is 0. The minimum absolute atomic E-state index is 0.360. The van der Waals surface area contributed by atoms with E-state index in [0.29, 0.717) is 5.41 Å². The first-order valence-electron chi connectivity index (χ1n) is 4.96. The Morgan fingerprint density at radius 1 is 1.23 bits per heavy atom. The van der Waals surface area contributed by atoms with Gasteiger partial charge in [-0.1, -0.05) is 33.6 Å². The van der Waals surface area contributed by atoms with Crippen molar-refractivity contribution in [3.63, 3.8) is 0 Å². The fourth-order valence-electron chi connectivity index (χ4n) is 1.53. The molecule has 0 N–H and O–H groups in total. The molecular weight excluding hydrogens is 162 g/mol. The lowest BCUT2D eigenvalue weighted by molar-refractivity contribution is 0.273. The first kappa shape index (κ1) is 10.2. The van der Waals surface area contributed by atoms with Gasteiger partial charge in [0.15, 0.2) is 0 Å². The van der Waals surface area contributed by atoms with E-state index in [9.17, 15) is 0 Å². The van der Waals surface area contributed by atoms with Crippen molar-refractivity contribution in [3.8, 4) is 0 Å². The highest BCUT2D eigenvalue weighted by Gasteiger charge is 2.17. The molecule has 0 saturated heterocycles. The van der Waals surface area contributed by atoms with Crippen LogP contribution in [0.15, 0.2) is 12.7 Å². The van der Waals surface area contributed by atoms with Crippen LogP contribution in [0.3, 0.4) is 0 Å². The summed E-state index contributed by atoms with van der Waals surface area (Å²) in [5.41, 5.74) is 0.360. The monoisotopic (exact) mass is 181 g/mol. The first-order valence-corrected chi connectivity index (χ1v) is 4.96. The SMILES string of the molecule is CCCCC(C)(C)Cn1cnnc1. The van der Waals surface area contributed by atoms with Gasteiger partial charge in [0, 0.05) is 6.54 Å². The molecule has 0 atom stereocenters. The van der Waals surface area contributed by atoms with Crippen molar-refractivity contribution in [2.24, 2.45) is 5.41 Å². The quantitative estimate of drug-likeness (QED) is 0.698. The Kier molecular flexibility index (Phi) is 3.46. The summed E-state index contributed by atoms with van der Waals surface area (Å²) >= 11 is 0. The summed E-state index contributed by atoms with van der Waals surface area (Å²) in [5, 5.41) is 7.60. The normalized spacial score (nSPS) is 11.9. The van der Waals surface area contributed by atoms with Crippen LogP contribution in [0.2, 0.25) is 0 Å². The van der Waals surface area contributed by atoms with E-state index in [2.05, 4.69) is 35.5 Å². The van der Waals surface area contributed by atoms with Crippen molar-refractivity contribution >= 4 is 0 Å². The van der Waals surface area contributed by atoms with Crippen LogP contribution in [0.5, 0.6) is 0 Å².